The van der Waals surface area contributed by atoms with Crippen LogP contribution in [0.4, 0.5) is 0 Å². The van der Waals surface area contributed by atoms with Crippen LogP contribution in [-0.2, 0) is 6.42 Å². The van der Waals surface area contributed by atoms with Crippen molar-refractivity contribution in [1.29, 1.82) is 0 Å². The second-order valence-corrected chi connectivity index (χ2v) is 16.3. The fourth-order valence-corrected chi connectivity index (χ4v) is 8.49. The zero-order valence-electron chi connectivity index (χ0n) is 27.2. The molecule has 2 N–H and O–H groups in total. The van der Waals surface area contributed by atoms with Gasteiger partial charge in [0, 0.05) is 0 Å². The SMILES string of the molecule is CCCCCCCCCCc1ccc(OP(O)(O)(CCCCCCCCCC)CCCCCCCCCC)cc1. The molecule has 1 aromatic carbocycles. The van der Waals surface area contributed by atoms with E-state index in [4.69, 9.17) is 4.52 Å². The molecular weight excluding hydrogens is 511 g/mol. The van der Waals surface area contributed by atoms with Gasteiger partial charge in [-0.15, -0.1) is 0 Å². The zero-order valence-corrected chi connectivity index (χ0v) is 28.0. The Morgan fingerprint density at radius 3 is 1.15 bits per heavy atom. The van der Waals surface area contributed by atoms with E-state index in [0.29, 0.717) is 18.1 Å². The van der Waals surface area contributed by atoms with E-state index < -0.39 is 7.28 Å². The predicted molar refractivity (Wildman–Crippen MR) is 180 cm³/mol. The Morgan fingerprint density at radius 2 is 0.775 bits per heavy atom. The Morgan fingerprint density at radius 1 is 0.450 bits per heavy atom. The number of hydrogen-bond acceptors (Lipinski definition) is 3. The number of rotatable bonds is 29. The van der Waals surface area contributed by atoms with Crippen LogP contribution in [0.2, 0.25) is 0 Å². The molecule has 0 amide bonds. The van der Waals surface area contributed by atoms with Crippen molar-refractivity contribution >= 4 is 7.28 Å². The molecule has 236 valence electrons. The summed E-state index contributed by atoms with van der Waals surface area (Å²) in [6, 6.07) is 8.19. The minimum absolute atomic E-state index is 0.400. The summed E-state index contributed by atoms with van der Waals surface area (Å²) in [6.45, 7) is 6.78. The van der Waals surface area contributed by atoms with Crippen molar-refractivity contribution in [2.45, 2.75) is 181 Å². The van der Waals surface area contributed by atoms with Crippen LogP contribution in [-0.4, -0.2) is 22.1 Å². The minimum atomic E-state index is -4.21. The zero-order chi connectivity index (χ0) is 29.2. The van der Waals surface area contributed by atoms with Gasteiger partial charge in [0.15, 0.2) is 0 Å². The van der Waals surface area contributed by atoms with Crippen molar-refractivity contribution < 1.29 is 14.3 Å². The van der Waals surface area contributed by atoms with Crippen molar-refractivity contribution in [3.8, 4) is 5.75 Å². The van der Waals surface area contributed by atoms with Crippen LogP contribution >= 0.6 is 7.28 Å². The van der Waals surface area contributed by atoms with E-state index in [1.165, 1.54) is 134 Å². The summed E-state index contributed by atoms with van der Waals surface area (Å²) in [5, 5.41) is 0. The van der Waals surface area contributed by atoms with Gasteiger partial charge in [-0.2, -0.15) is 0 Å². The Bertz CT molecular complexity index is 664. The average Bonchev–Trinajstić information content (AvgIpc) is 2.94. The monoisotopic (exact) mass is 580 g/mol. The molecule has 3 nitrogen and oxygen atoms in total. The molecule has 40 heavy (non-hydrogen) atoms. The fourth-order valence-electron chi connectivity index (χ4n) is 5.75. The fraction of sp³-hybridized carbons (Fsp3) is 0.833. The van der Waals surface area contributed by atoms with E-state index >= 15 is 0 Å². The van der Waals surface area contributed by atoms with Crippen molar-refractivity contribution in [2.24, 2.45) is 0 Å². The van der Waals surface area contributed by atoms with Gasteiger partial charge in [-0.05, 0) is 0 Å². The van der Waals surface area contributed by atoms with Gasteiger partial charge in [-0.1, -0.05) is 19.8 Å². The summed E-state index contributed by atoms with van der Waals surface area (Å²) in [7, 11) is -4.21. The molecule has 0 aliphatic rings. The molecule has 0 aliphatic carbocycles. The summed E-state index contributed by atoms with van der Waals surface area (Å²) in [6.07, 6.45) is 31.7. The Hall–Kier alpha value is -0.630. The first kappa shape index (κ1) is 37.4. The van der Waals surface area contributed by atoms with Gasteiger partial charge in [0.1, 0.15) is 0 Å². The summed E-state index contributed by atoms with van der Waals surface area (Å²) in [4.78, 5) is 23.4. The van der Waals surface area contributed by atoms with Crippen LogP contribution in [0.3, 0.4) is 0 Å². The second-order valence-electron chi connectivity index (χ2n) is 12.7. The maximum atomic E-state index is 11.7. The van der Waals surface area contributed by atoms with Crippen molar-refractivity contribution in [2.75, 3.05) is 12.3 Å². The second kappa shape index (κ2) is 23.9. The van der Waals surface area contributed by atoms with E-state index in [1.54, 1.807) is 0 Å². The Balaban J connectivity index is 2.53. The summed E-state index contributed by atoms with van der Waals surface area (Å²) in [5.41, 5.74) is 1.32. The first-order chi connectivity index (χ1) is 19.4. The molecule has 0 aromatic heterocycles. The molecule has 0 bridgehead atoms. The van der Waals surface area contributed by atoms with Gasteiger partial charge in [-0.25, -0.2) is 0 Å². The first-order valence-electron chi connectivity index (χ1n) is 17.7. The molecule has 0 spiro atoms. The van der Waals surface area contributed by atoms with Gasteiger partial charge >= 0.3 is 231 Å². The van der Waals surface area contributed by atoms with Crippen LogP contribution in [0.1, 0.15) is 180 Å². The molecule has 0 radical (unpaired) electrons. The topological polar surface area (TPSA) is 49.7 Å². The quantitative estimate of drug-likeness (QED) is 0.0732. The normalized spacial score (nSPS) is 12.9. The average molecular weight is 581 g/mol. The van der Waals surface area contributed by atoms with Crippen LogP contribution < -0.4 is 4.52 Å². The van der Waals surface area contributed by atoms with E-state index in [9.17, 15) is 9.79 Å². The van der Waals surface area contributed by atoms with E-state index in [-0.39, 0.29) is 0 Å². The molecule has 0 saturated carbocycles. The number of benzene rings is 1. The van der Waals surface area contributed by atoms with Gasteiger partial charge < -0.3 is 0 Å². The van der Waals surface area contributed by atoms with E-state index in [0.717, 1.165) is 32.1 Å². The van der Waals surface area contributed by atoms with Crippen LogP contribution in [0.25, 0.3) is 0 Å². The molecule has 1 rings (SSSR count). The van der Waals surface area contributed by atoms with Crippen LogP contribution in [0.15, 0.2) is 24.3 Å². The molecule has 1 aromatic rings. The summed E-state index contributed by atoms with van der Waals surface area (Å²) in [5.74, 6) is 0.626. The summed E-state index contributed by atoms with van der Waals surface area (Å²) >= 11 is 0. The van der Waals surface area contributed by atoms with Gasteiger partial charge in [0.05, 0.1) is 0 Å². The maximum absolute atomic E-state index is 11.7. The summed E-state index contributed by atoms with van der Waals surface area (Å²) < 4.78 is 6.20. The van der Waals surface area contributed by atoms with E-state index in [2.05, 4.69) is 32.9 Å². The number of aryl methyl sites for hydroxylation is 1. The molecule has 0 atom stereocenters. The molecule has 0 fully saturated rings. The predicted octanol–water partition coefficient (Wildman–Crippen LogP) is 12.3. The molecule has 0 saturated heterocycles. The molecular formula is C36H69O3P. The van der Waals surface area contributed by atoms with E-state index in [1.807, 2.05) is 12.1 Å². The number of hydrogen-bond donors (Lipinski definition) is 2. The third kappa shape index (κ3) is 20.3. The van der Waals surface area contributed by atoms with Crippen molar-refractivity contribution in [3.05, 3.63) is 29.8 Å². The Kier molecular flexibility index (Phi) is 22.3. The van der Waals surface area contributed by atoms with Gasteiger partial charge in [-0.3, -0.25) is 0 Å². The third-order valence-corrected chi connectivity index (χ3v) is 11.5. The third-order valence-electron chi connectivity index (χ3n) is 8.48. The molecule has 0 aliphatic heterocycles. The molecule has 0 heterocycles. The van der Waals surface area contributed by atoms with Gasteiger partial charge in [0.2, 0.25) is 0 Å². The van der Waals surface area contributed by atoms with Crippen LogP contribution in [0.5, 0.6) is 5.75 Å². The van der Waals surface area contributed by atoms with Crippen LogP contribution in [0, 0.1) is 0 Å². The molecule has 4 heteroatoms. The molecule has 0 unspecified atom stereocenters. The van der Waals surface area contributed by atoms with Gasteiger partial charge in [0.25, 0.3) is 0 Å². The standard InChI is InChI=1S/C36H69O3P/c1-4-7-10-13-16-19-22-25-28-35-29-31-36(32-30-35)39-40(37,38,33-26-23-20-17-14-11-8-5-2)34-27-24-21-18-15-12-9-6-3/h29-32,37-38H,4-28,33-34H2,1-3H3. The van der Waals surface area contributed by atoms with Crippen molar-refractivity contribution in [1.82, 2.24) is 0 Å². The Labute approximate surface area is 250 Å². The number of unbranched alkanes of at least 4 members (excludes halogenated alkanes) is 21. The van der Waals surface area contributed by atoms with Crippen molar-refractivity contribution in [3.63, 3.8) is 0 Å². The first-order valence-corrected chi connectivity index (χ1v) is 20.1.